The number of ether oxygens (including phenoxy) is 1. The molecule has 0 aromatic carbocycles. The molecule has 0 radical (unpaired) electrons. The SMILES string of the molecule is CCN(CCNc1nc(NN)nc(OC(C)C)n1)C1CC1. The molecule has 0 amide bonds. The Bertz CT molecular complexity index is 450. The van der Waals surface area contributed by atoms with Crippen LogP contribution >= 0.6 is 0 Å². The number of nitrogen functional groups attached to an aromatic ring is 1. The van der Waals surface area contributed by atoms with Gasteiger partial charge in [0.15, 0.2) is 0 Å². The summed E-state index contributed by atoms with van der Waals surface area (Å²) in [6, 6.07) is 1.03. The van der Waals surface area contributed by atoms with Gasteiger partial charge in [0.05, 0.1) is 6.10 Å². The molecule has 0 atom stereocenters. The van der Waals surface area contributed by atoms with Gasteiger partial charge in [0.25, 0.3) is 0 Å². The maximum Gasteiger partial charge on any atom is 0.323 e. The largest absolute Gasteiger partial charge is 0.461 e. The van der Waals surface area contributed by atoms with E-state index in [0.717, 1.165) is 25.7 Å². The highest BCUT2D eigenvalue weighted by molar-refractivity contribution is 5.34. The summed E-state index contributed by atoms with van der Waals surface area (Å²) in [7, 11) is 0. The number of aromatic nitrogens is 3. The van der Waals surface area contributed by atoms with Crippen molar-refractivity contribution in [2.24, 2.45) is 5.84 Å². The first-order valence-corrected chi connectivity index (χ1v) is 7.49. The Morgan fingerprint density at radius 3 is 2.57 bits per heavy atom. The van der Waals surface area contributed by atoms with E-state index in [4.69, 9.17) is 10.6 Å². The number of hydrogen-bond donors (Lipinski definition) is 3. The number of nitrogens with zero attached hydrogens (tertiary/aromatic N) is 4. The number of rotatable bonds is 9. The highest BCUT2D eigenvalue weighted by Crippen LogP contribution is 2.25. The predicted octanol–water partition coefficient (Wildman–Crippen LogP) is 0.841. The average Bonchev–Trinajstić information content (AvgIpc) is 3.27. The van der Waals surface area contributed by atoms with Crippen LogP contribution in [0.2, 0.25) is 0 Å². The fourth-order valence-electron chi connectivity index (χ4n) is 2.11. The van der Waals surface area contributed by atoms with Crippen LogP contribution in [0.4, 0.5) is 11.9 Å². The van der Waals surface area contributed by atoms with Gasteiger partial charge in [-0.05, 0) is 33.2 Å². The van der Waals surface area contributed by atoms with E-state index in [0.29, 0.717) is 5.95 Å². The van der Waals surface area contributed by atoms with Crippen LogP contribution in [0.3, 0.4) is 0 Å². The summed E-state index contributed by atoms with van der Waals surface area (Å²) < 4.78 is 5.49. The Balaban J connectivity index is 1.91. The number of nitrogens with one attached hydrogen (secondary N) is 2. The molecule has 1 saturated carbocycles. The summed E-state index contributed by atoms with van der Waals surface area (Å²) in [4.78, 5) is 14.9. The minimum absolute atomic E-state index is 0.00340. The van der Waals surface area contributed by atoms with E-state index in [-0.39, 0.29) is 18.1 Å². The Labute approximate surface area is 125 Å². The smallest absolute Gasteiger partial charge is 0.323 e. The fraction of sp³-hybridized carbons (Fsp3) is 0.769. The van der Waals surface area contributed by atoms with Crippen molar-refractivity contribution in [3.63, 3.8) is 0 Å². The van der Waals surface area contributed by atoms with Crippen LogP contribution in [0, 0.1) is 0 Å². The van der Waals surface area contributed by atoms with Gasteiger partial charge >= 0.3 is 6.01 Å². The molecule has 0 saturated heterocycles. The molecule has 1 heterocycles. The Morgan fingerprint density at radius 2 is 2.00 bits per heavy atom. The highest BCUT2D eigenvalue weighted by atomic mass is 16.5. The van der Waals surface area contributed by atoms with Crippen LogP contribution in [0.15, 0.2) is 0 Å². The molecule has 2 rings (SSSR count). The molecule has 8 nitrogen and oxygen atoms in total. The molecule has 1 aliphatic carbocycles. The van der Waals surface area contributed by atoms with Crippen molar-refractivity contribution in [1.82, 2.24) is 19.9 Å². The molecule has 1 aromatic heterocycles. The highest BCUT2D eigenvalue weighted by Gasteiger charge is 2.27. The second-order valence-corrected chi connectivity index (χ2v) is 5.36. The van der Waals surface area contributed by atoms with Crippen molar-refractivity contribution < 1.29 is 4.74 Å². The van der Waals surface area contributed by atoms with E-state index >= 15 is 0 Å². The maximum atomic E-state index is 5.49. The van der Waals surface area contributed by atoms with E-state index in [1.54, 1.807) is 0 Å². The van der Waals surface area contributed by atoms with Gasteiger partial charge in [-0.15, -0.1) is 0 Å². The molecule has 1 aromatic rings. The van der Waals surface area contributed by atoms with Gasteiger partial charge in [-0.2, -0.15) is 15.0 Å². The zero-order valence-corrected chi connectivity index (χ0v) is 13.0. The zero-order valence-electron chi connectivity index (χ0n) is 13.0. The number of hydrogen-bond acceptors (Lipinski definition) is 8. The van der Waals surface area contributed by atoms with Crippen LogP contribution in [0.5, 0.6) is 6.01 Å². The summed E-state index contributed by atoms with van der Waals surface area (Å²) in [6.45, 7) is 8.84. The monoisotopic (exact) mass is 295 g/mol. The zero-order chi connectivity index (χ0) is 15.2. The molecular weight excluding hydrogens is 270 g/mol. The van der Waals surface area contributed by atoms with E-state index in [2.05, 4.69) is 37.5 Å². The molecule has 0 bridgehead atoms. The first-order valence-electron chi connectivity index (χ1n) is 7.49. The Kier molecular flexibility index (Phi) is 5.51. The lowest BCUT2D eigenvalue weighted by atomic mass is 10.4. The second kappa shape index (κ2) is 7.37. The quantitative estimate of drug-likeness (QED) is 0.455. The lowest BCUT2D eigenvalue weighted by molar-refractivity contribution is 0.222. The topological polar surface area (TPSA) is 101 Å². The van der Waals surface area contributed by atoms with Crippen molar-refractivity contribution in [3.05, 3.63) is 0 Å². The average molecular weight is 295 g/mol. The van der Waals surface area contributed by atoms with Crippen molar-refractivity contribution in [2.75, 3.05) is 30.4 Å². The number of hydrazine groups is 1. The molecule has 1 fully saturated rings. The van der Waals surface area contributed by atoms with Crippen molar-refractivity contribution >= 4 is 11.9 Å². The summed E-state index contributed by atoms with van der Waals surface area (Å²) in [5.74, 6) is 6.13. The first-order chi connectivity index (χ1) is 10.1. The van der Waals surface area contributed by atoms with Crippen LogP contribution < -0.4 is 21.3 Å². The van der Waals surface area contributed by atoms with Crippen molar-refractivity contribution in [2.45, 2.75) is 45.8 Å². The van der Waals surface area contributed by atoms with Crippen molar-refractivity contribution in [3.8, 4) is 6.01 Å². The third-order valence-electron chi connectivity index (χ3n) is 3.24. The lowest BCUT2D eigenvalue weighted by Crippen LogP contribution is -2.31. The normalized spacial score (nSPS) is 14.6. The van der Waals surface area contributed by atoms with E-state index < -0.39 is 0 Å². The van der Waals surface area contributed by atoms with Gasteiger partial charge in [0.1, 0.15) is 0 Å². The van der Waals surface area contributed by atoms with Crippen LogP contribution in [-0.2, 0) is 0 Å². The minimum atomic E-state index is -0.00340. The van der Waals surface area contributed by atoms with E-state index in [1.807, 2.05) is 13.8 Å². The van der Waals surface area contributed by atoms with Crippen molar-refractivity contribution in [1.29, 1.82) is 0 Å². The number of nitrogens with two attached hydrogens (primary N) is 1. The summed E-state index contributed by atoms with van der Waals surface area (Å²) >= 11 is 0. The standard InChI is InChI=1S/C13H25N7O/c1-4-20(10-5-6-10)8-7-15-11-16-12(19-14)18-13(17-11)21-9(2)3/h9-10H,4-8,14H2,1-3H3,(H2,15,16,17,18,19). The lowest BCUT2D eigenvalue weighted by Gasteiger charge is -2.19. The molecule has 118 valence electrons. The van der Waals surface area contributed by atoms with Crippen LogP contribution in [0.25, 0.3) is 0 Å². The van der Waals surface area contributed by atoms with Gasteiger partial charge in [-0.3, -0.25) is 10.3 Å². The van der Waals surface area contributed by atoms with Gasteiger partial charge < -0.3 is 10.1 Å². The molecule has 1 aliphatic rings. The number of anilines is 2. The van der Waals surface area contributed by atoms with E-state index in [1.165, 1.54) is 12.8 Å². The third-order valence-corrected chi connectivity index (χ3v) is 3.24. The number of likely N-dealkylation sites (N-methyl/N-ethyl adjacent to an activating group) is 1. The summed E-state index contributed by atoms with van der Waals surface area (Å²) in [6.07, 6.45) is 2.62. The first kappa shape index (κ1) is 15.7. The van der Waals surface area contributed by atoms with Gasteiger partial charge in [-0.1, -0.05) is 6.92 Å². The fourth-order valence-corrected chi connectivity index (χ4v) is 2.11. The minimum Gasteiger partial charge on any atom is -0.461 e. The van der Waals surface area contributed by atoms with Gasteiger partial charge in [-0.25, -0.2) is 5.84 Å². The third kappa shape index (κ3) is 4.98. The molecular formula is C13H25N7O. The molecule has 8 heteroatoms. The molecule has 0 unspecified atom stereocenters. The van der Waals surface area contributed by atoms with E-state index in [9.17, 15) is 0 Å². The Hall–Kier alpha value is -1.67. The second-order valence-electron chi connectivity index (χ2n) is 5.36. The Morgan fingerprint density at radius 1 is 1.29 bits per heavy atom. The molecule has 4 N–H and O–H groups in total. The molecule has 0 aliphatic heterocycles. The maximum absolute atomic E-state index is 5.49. The van der Waals surface area contributed by atoms with Gasteiger partial charge in [0, 0.05) is 19.1 Å². The van der Waals surface area contributed by atoms with Crippen LogP contribution in [-0.4, -0.2) is 51.6 Å². The predicted molar refractivity (Wildman–Crippen MR) is 82.2 cm³/mol. The molecule has 0 spiro atoms. The summed E-state index contributed by atoms with van der Waals surface area (Å²) in [5.41, 5.74) is 2.43. The summed E-state index contributed by atoms with van der Waals surface area (Å²) in [5, 5.41) is 3.20. The molecule has 21 heavy (non-hydrogen) atoms. The van der Waals surface area contributed by atoms with Gasteiger partial charge in [0.2, 0.25) is 11.9 Å². The van der Waals surface area contributed by atoms with Crippen LogP contribution in [0.1, 0.15) is 33.6 Å².